The van der Waals surface area contributed by atoms with E-state index in [0.29, 0.717) is 0 Å². The van der Waals surface area contributed by atoms with E-state index >= 15 is 0 Å². The predicted octanol–water partition coefficient (Wildman–Crippen LogP) is 3.57. The van der Waals surface area contributed by atoms with Gasteiger partial charge in [0, 0.05) is 22.9 Å². The third kappa shape index (κ3) is 2.53. The lowest BCUT2D eigenvalue weighted by molar-refractivity contribution is 0.0594. The molecule has 1 fully saturated rings. The zero-order valence-corrected chi connectivity index (χ0v) is 12.5. The Bertz CT molecular complexity index is 642. The van der Waals surface area contributed by atoms with Crippen LogP contribution < -0.4 is 5.32 Å². The van der Waals surface area contributed by atoms with Crippen LogP contribution >= 0.6 is 11.8 Å². The number of ether oxygens (including phenoxy) is 1. The van der Waals surface area contributed by atoms with Crippen molar-refractivity contribution >= 4 is 17.3 Å². The molecule has 0 aliphatic carbocycles. The standard InChI is InChI=1S/C18H17NOS/c1-3-7-17-14(5-1)16(11-13-12-19-9-10-20-13)15-6-2-4-8-18(15)21-17/h1-8,11,13,19H,9-10,12H2. The van der Waals surface area contributed by atoms with E-state index in [2.05, 4.69) is 59.9 Å². The van der Waals surface area contributed by atoms with Gasteiger partial charge in [-0.25, -0.2) is 0 Å². The van der Waals surface area contributed by atoms with Crippen molar-refractivity contribution in [1.29, 1.82) is 0 Å². The number of nitrogens with one attached hydrogen (secondary N) is 1. The van der Waals surface area contributed by atoms with Crippen molar-refractivity contribution in [2.45, 2.75) is 15.9 Å². The van der Waals surface area contributed by atoms with Gasteiger partial charge in [0.2, 0.25) is 0 Å². The number of fused-ring (bicyclic) bond motifs is 2. The number of morpholine rings is 1. The molecule has 2 heterocycles. The van der Waals surface area contributed by atoms with Crippen molar-refractivity contribution in [3.8, 4) is 0 Å². The summed E-state index contributed by atoms with van der Waals surface area (Å²) in [5, 5.41) is 3.40. The Morgan fingerprint density at radius 3 is 2.29 bits per heavy atom. The first kappa shape index (κ1) is 13.1. The van der Waals surface area contributed by atoms with Gasteiger partial charge in [-0.2, -0.15) is 0 Å². The monoisotopic (exact) mass is 295 g/mol. The predicted molar refractivity (Wildman–Crippen MR) is 86.7 cm³/mol. The van der Waals surface area contributed by atoms with Crippen LogP contribution in [-0.4, -0.2) is 25.8 Å². The van der Waals surface area contributed by atoms with Gasteiger partial charge in [0.25, 0.3) is 0 Å². The highest BCUT2D eigenvalue weighted by atomic mass is 32.2. The number of rotatable bonds is 1. The van der Waals surface area contributed by atoms with E-state index in [4.69, 9.17) is 4.74 Å². The first-order valence-electron chi connectivity index (χ1n) is 7.32. The molecule has 21 heavy (non-hydrogen) atoms. The summed E-state index contributed by atoms with van der Waals surface area (Å²) in [5.74, 6) is 0. The van der Waals surface area contributed by atoms with E-state index in [9.17, 15) is 0 Å². The van der Waals surface area contributed by atoms with Crippen LogP contribution in [0.15, 0.2) is 64.4 Å². The summed E-state index contributed by atoms with van der Waals surface area (Å²) in [6, 6.07) is 17.3. The molecule has 0 saturated carbocycles. The molecule has 0 bridgehead atoms. The molecular weight excluding hydrogens is 278 g/mol. The Morgan fingerprint density at radius 1 is 1.00 bits per heavy atom. The highest BCUT2D eigenvalue weighted by Gasteiger charge is 2.22. The van der Waals surface area contributed by atoms with Gasteiger partial charge in [-0.05, 0) is 34.9 Å². The van der Waals surface area contributed by atoms with E-state index in [-0.39, 0.29) is 6.10 Å². The van der Waals surface area contributed by atoms with E-state index in [0.717, 1.165) is 19.7 Å². The largest absolute Gasteiger partial charge is 0.371 e. The maximum Gasteiger partial charge on any atom is 0.0890 e. The van der Waals surface area contributed by atoms with Gasteiger partial charge in [0.1, 0.15) is 0 Å². The molecule has 2 aromatic rings. The molecule has 0 radical (unpaired) electrons. The molecule has 2 nitrogen and oxygen atoms in total. The zero-order chi connectivity index (χ0) is 14.1. The van der Waals surface area contributed by atoms with Gasteiger partial charge in [-0.3, -0.25) is 0 Å². The molecule has 2 aliphatic heterocycles. The minimum atomic E-state index is 0.151. The van der Waals surface area contributed by atoms with Gasteiger partial charge in [-0.1, -0.05) is 48.2 Å². The van der Waals surface area contributed by atoms with Crippen LogP contribution in [-0.2, 0) is 4.74 Å². The van der Waals surface area contributed by atoms with E-state index in [1.54, 1.807) is 0 Å². The van der Waals surface area contributed by atoms with Gasteiger partial charge < -0.3 is 10.1 Å². The molecule has 1 atom stereocenters. The number of hydrogen-bond donors (Lipinski definition) is 1. The Hall–Kier alpha value is -1.55. The molecule has 1 unspecified atom stereocenters. The smallest absolute Gasteiger partial charge is 0.0890 e. The normalized spacial score (nSPS) is 20.6. The second-order valence-corrected chi connectivity index (χ2v) is 6.37. The molecule has 2 aliphatic rings. The maximum atomic E-state index is 5.87. The Labute approximate surface area is 129 Å². The number of hydrogen-bond acceptors (Lipinski definition) is 3. The summed E-state index contributed by atoms with van der Waals surface area (Å²) >= 11 is 1.85. The van der Waals surface area contributed by atoms with Gasteiger partial charge in [0.05, 0.1) is 12.7 Å². The van der Waals surface area contributed by atoms with Crippen molar-refractivity contribution in [3.05, 3.63) is 65.7 Å². The average Bonchev–Trinajstić information content (AvgIpc) is 2.55. The quantitative estimate of drug-likeness (QED) is 0.741. The van der Waals surface area contributed by atoms with Crippen molar-refractivity contribution in [3.63, 3.8) is 0 Å². The molecule has 0 amide bonds. The highest BCUT2D eigenvalue weighted by Crippen LogP contribution is 2.45. The fourth-order valence-electron chi connectivity index (χ4n) is 2.88. The fourth-order valence-corrected chi connectivity index (χ4v) is 3.98. The molecule has 0 spiro atoms. The summed E-state index contributed by atoms with van der Waals surface area (Å²) in [7, 11) is 0. The molecule has 3 heteroatoms. The Balaban J connectivity index is 1.83. The van der Waals surface area contributed by atoms with Crippen LogP contribution in [0.5, 0.6) is 0 Å². The molecule has 106 valence electrons. The minimum absolute atomic E-state index is 0.151. The SMILES string of the molecule is C(=C1c2ccccc2Sc2ccccc21)C1CNCCO1. The summed E-state index contributed by atoms with van der Waals surface area (Å²) in [6.07, 6.45) is 2.43. The molecule has 4 rings (SSSR count). The maximum absolute atomic E-state index is 5.87. The Kier molecular flexibility index (Phi) is 3.55. The Morgan fingerprint density at radius 2 is 1.67 bits per heavy atom. The van der Waals surface area contributed by atoms with Crippen LogP contribution in [0.1, 0.15) is 11.1 Å². The van der Waals surface area contributed by atoms with Crippen LogP contribution in [0.25, 0.3) is 5.57 Å². The highest BCUT2D eigenvalue weighted by molar-refractivity contribution is 7.99. The van der Waals surface area contributed by atoms with Gasteiger partial charge in [-0.15, -0.1) is 0 Å². The first-order chi connectivity index (χ1) is 10.4. The summed E-state index contributed by atoms with van der Waals surface area (Å²) in [5.41, 5.74) is 3.93. The molecule has 1 saturated heterocycles. The van der Waals surface area contributed by atoms with Crippen LogP contribution in [0.2, 0.25) is 0 Å². The molecule has 0 aromatic heterocycles. The summed E-state index contributed by atoms with van der Waals surface area (Å²) in [6.45, 7) is 2.62. The zero-order valence-electron chi connectivity index (χ0n) is 11.7. The van der Waals surface area contributed by atoms with Crippen molar-refractivity contribution in [1.82, 2.24) is 5.32 Å². The first-order valence-corrected chi connectivity index (χ1v) is 8.14. The van der Waals surface area contributed by atoms with Gasteiger partial charge in [0.15, 0.2) is 0 Å². The lowest BCUT2D eigenvalue weighted by atomic mass is 9.95. The van der Waals surface area contributed by atoms with Gasteiger partial charge >= 0.3 is 0 Å². The van der Waals surface area contributed by atoms with Crippen LogP contribution in [0.4, 0.5) is 0 Å². The topological polar surface area (TPSA) is 21.3 Å². The summed E-state index contributed by atoms with van der Waals surface area (Å²) in [4.78, 5) is 2.65. The summed E-state index contributed by atoms with van der Waals surface area (Å²) < 4.78 is 5.87. The third-order valence-corrected chi connectivity index (χ3v) is 5.04. The fraction of sp³-hybridized carbons (Fsp3) is 0.222. The van der Waals surface area contributed by atoms with Crippen molar-refractivity contribution in [2.75, 3.05) is 19.7 Å². The molecular formula is C18H17NOS. The van der Waals surface area contributed by atoms with E-state index in [1.165, 1.54) is 26.5 Å². The molecule has 1 N–H and O–H groups in total. The van der Waals surface area contributed by atoms with Crippen LogP contribution in [0, 0.1) is 0 Å². The lowest BCUT2D eigenvalue weighted by Crippen LogP contribution is -2.37. The second-order valence-electron chi connectivity index (χ2n) is 5.29. The lowest BCUT2D eigenvalue weighted by Gasteiger charge is -2.26. The second kappa shape index (κ2) is 5.68. The van der Waals surface area contributed by atoms with Crippen molar-refractivity contribution < 1.29 is 4.74 Å². The average molecular weight is 295 g/mol. The third-order valence-electron chi connectivity index (χ3n) is 3.88. The van der Waals surface area contributed by atoms with E-state index < -0.39 is 0 Å². The molecule has 2 aromatic carbocycles. The van der Waals surface area contributed by atoms with Crippen LogP contribution in [0.3, 0.4) is 0 Å². The van der Waals surface area contributed by atoms with E-state index in [1.807, 2.05) is 11.8 Å². The number of benzene rings is 2. The minimum Gasteiger partial charge on any atom is -0.371 e. The van der Waals surface area contributed by atoms with Crippen molar-refractivity contribution in [2.24, 2.45) is 0 Å².